The average molecular weight is 439 g/mol. The summed E-state index contributed by atoms with van der Waals surface area (Å²) in [6, 6.07) is 16.6. The zero-order chi connectivity index (χ0) is 22.2. The summed E-state index contributed by atoms with van der Waals surface area (Å²) in [5.41, 5.74) is 3.06. The Morgan fingerprint density at radius 3 is 2.44 bits per heavy atom. The molecule has 0 radical (unpaired) electrons. The summed E-state index contributed by atoms with van der Waals surface area (Å²) >= 11 is 0. The molecule has 0 saturated carbocycles. The van der Waals surface area contributed by atoms with Gasteiger partial charge in [0.2, 0.25) is 5.91 Å². The molecule has 1 N–H and O–H groups in total. The SMILES string of the molecule is COc1ccc(-c2cccc(CC3(C(=O)NCCN4CCOCC4)CCOCC3)c2)cc1. The highest BCUT2D eigenvalue weighted by Crippen LogP contribution is 2.36. The Morgan fingerprint density at radius 1 is 1.00 bits per heavy atom. The molecule has 0 unspecified atom stereocenters. The van der Waals surface area contributed by atoms with Crippen molar-refractivity contribution >= 4 is 5.91 Å². The third-order valence-electron chi connectivity index (χ3n) is 6.64. The van der Waals surface area contributed by atoms with Gasteiger partial charge in [0.15, 0.2) is 0 Å². The molecule has 32 heavy (non-hydrogen) atoms. The Morgan fingerprint density at radius 2 is 1.72 bits per heavy atom. The van der Waals surface area contributed by atoms with E-state index in [4.69, 9.17) is 14.2 Å². The van der Waals surface area contributed by atoms with E-state index in [1.807, 2.05) is 12.1 Å². The van der Waals surface area contributed by atoms with Crippen LogP contribution in [-0.2, 0) is 20.7 Å². The number of nitrogens with one attached hydrogen (secondary N) is 1. The van der Waals surface area contributed by atoms with Gasteiger partial charge in [-0.25, -0.2) is 0 Å². The summed E-state index contributed by atoms with van der Waals surface area (Å²) < 4.78 is 16.3. The standard InChI is InChI=1S/C26H34N2O4/c1-30-24-7-5-22(6-8-24)23-4-2-3-21(19-23)20-26(9-15-31-16-10-26)25(29)27-11-12-28-13-17-32-18-14-28/h2-8,19H,9-18,20H2,1H3,(H,27,29). The van der Waals surface area contributed by atoms with Gasteiger partial charge in [-0.05, 0) is 48.1 Å². The molecule has 2 saturated heterocycles. The first kappa shape index (κ1) is 22.8. The Hall–Kier alpha value is -2.41. The van der Waals surface area contributed by atoms with Gasteiger partial charge in [-0.15, -0.1) is 0 Å². The second-order valence-electron chi connectivity index (χ2n) is 8.71. The summed E-state index contributed by atoms with van der Waals surface area (Å²) in [5, 5.41) is 3.23. The molecule has 0 bridgehead atoms. The Balaban J connectivity index is 1.44. The first-order valence-corrected chi connectivity index (χ1v) is 11.6. The van der Waals surface area contributed by atoms with Crippen LogP contribution in [0.4, 0.5) is 0 Å². The molecule has 2 aliphatic rings. The highest BCUT2D eigenvalue weighted by atomic mass is 16.5. The van der Waals surface area contributed by atoms with Crippen LogP contribution in [0.15, 0.2) is 48.5 Å². The molecule has 6 heteroatoms. The molecule has 0 spiro atoms. The third kappa shape index (κ3) is 5.68. The van der Waals surface area contributed by atoms with Crippen LogP contribution in [0.2, 0.25) is 0 Å². The van der Waals surface area contributed by atoms with Crippen molar-refractivity contribution in [1.82, 2.24) is 10.2 Å². The van der Waals surface area contributed by atoms with E-state index in [1.54, 1.807) is 7.11 Å². The van der Waals surface area contributed by atoms with Gasteiger partial charge in [0.1, 0.15) is 5.75 Å². The molecule has 6 nitrogen and oxygen atoms in total. The van der Waals surface area contributed by atoms with Crippen molar-refractivity contribution in [2.45, 2.75) is 19.3 Å². The van der Waals surface area contributed by atoms with Gasteiger partial charge in [0, 0.05) is 39.4 Å². The molecule has 2 heterocycles. The minimum absolute atomic E-state index is 0.156. The Bertz CT molecular complexity index is 872. The largest absolute Gasteiger partial charge is 0.497 e. The summed E-state index contributed by atoms with van der Waals surface area (Å²) in [5.74, 6) is 1.00. The number of carbonyl (C=O) groups excluding carboxylic acids is 1. The molecule has 1 amide bonds. The van der Waals surface area contributed by atoms with Crippen LogP contribution in [-0.4, -0.2) is 70.5 Å². The highest BCUT2D eigenvalue weighted by molar-refractivity contribution is 5.83. The second-order valence-corrected chi connectivity index (χ2v) is 8.71. The van der Waals surface area contributed by atoms with Crippen LogP contribution >= 0.6 is 0 Å². The molecular formula is C26H34N2O4. The molecule has 2 fully saturated rings. The van der Waals surface area contributed by atoms with E-state index in [2.05, 4.69) is 46.6 Å². The first-order valence-electron chi connectivity index (χ1n) is 11.6. The minimum atomic E-state index is -0.415. The van der Waals surface area contributed by atoms with Crippen LogP contribution in [0.25, 0.3) is 11.1 Å². The third-order valence-corrected chi connectivity index (χ3v) is 6.64. The minimum Gasteiger partial charge on any atom is -0.497 e. The Kier molecular flexibility index (Phi) is 7.79. The number of methoxy groups -OCH3 is 1. The number of hydrogen-bond acceptors (Lipinski definition) is 5. The van der Waals surface area contributed by atoms with Crippen molar-refractivity contribution in [3.05, 3.63) is 54.1 Å². The van der Waals surface area contributed by atoms with E-state index in [9.17, 15) is 4.79 Å². The van der Waals surface area contributed by atoms with Crippen molar-refractivity contribution in [3.63, 3.8) is 0 Å². The summed E-state index contributed by atoms with van der Waals surface area (Å²) in [7, 11) is 1.68. The number of rotatable bonds is 8. The van der Waals surface area contributed by atoms with Gasteiger partial charge in [0.05, 0.1) is 25.7 Å². The highest BCUT2D eigenvalue weighted by Gasteiger charge is 2.40. The lowest BCUT2D eigenvalue weighted by molar-refractivity contribution is -0.136. The first-order chi connectivity index (χ1) is 15.7. The number of nitrogens with zero attached hydrogens (tertiary/aromatic N) is 1. The number of hydrogen-bond donors (Lipinski definition) is 1. The zero-order valence-electron chi connectivity index (χ0n) is 19.0. The van der Waals surface area contributed by atoms with E-state index in [0.29, 0.717) is 19.8 Å². The lowest BCUT2D eigenvalue weighted by atomic mass is 9.74. The van der Waals surface area contributed by atoms with Crippen LogP contribution in [0.1, 0.15) is 18.4 Å². The van der Waals surface area contributed by atoms with Crippen LogP contribution in [0.5, 0.6) is 5.75 Å². The topological polar surface area (TPSA) is 60.0 Å². The lowest BCUT2D eigenvalue weighted by Gasteiger charge is -2.36. The molecule has 2 aromatic carbocycles. The molecule has 4 rings (SSSR count). The number of benzene rings is 2. The number of carbonyl (C=O) groups is 1. The molecule has 0 aliphatic carbocycles. The van der Waals surface area contributed by atoms with Crippen molar-refractivity contribution in [1.29, 1.82) is 0 Å². The van der Waals surface area contributed by atoms with Crippen LogP contribution in [0, 0.1) is 5.41 Å². The summed E-state index contributed by atoms with van der Waals surface area (Å²) in [4.78, 5) is 15.7. The maximum absolute atomic E-state index is 13.4. The maximum Gasteiger partial charge on any atom is 0.226 e. The maximum atomic E-state index is 13.4. The smallest absolute Gasteiger partial charge is 0.226 e. The van der Waals surface area contributed by atoms with Gasteiger partial charge < -0.3 is 19.5 Å². The van der Waals surface area contributed by atoms with E-state index >= 15 is 0 Å². The normalized spacial score (nSPS) is 18.8. The molecule has 0 atom stereocenters. The van der Waals surface area contributed by atoms with E-state index in [1.165, 1.54) is 5.56 Å². The summed E-state index contributed by atoms with van der Waals surface area (Å²) in [6.45, 7) is 6.24. The molecule has 2 aliphatic heterocycles. The van der Waals surface area contributed by atoms with E-state index in [0.717, 1.165) is 69.0 Å². The number of amides is 1. The van der Waals surface area contributed by atoms with Gasteiger partial charge in [-0.1, -0.05) is 36.4 Å². The zero-order valence-corrected chi connectivity index (χ0v) is 19.0. The number of morpholine rings is 1. The molecule has 2 aromatic rings. The fourth-order valence-corrected chi connectivity index (χ4v) is 4.62. The van der Waals surface area contributed by atoms with Crippen molar-refractivity contribution < 1.29 is 19.0 Å². The quantitative estimate of drug-likeness (QED) is 0.686. The average Bonchev–Trinajstić information content (AvgIpc) is 2.85. The van der Waals surface area contributed by atoms with E-state index in [-0.39, 0.29) is 5.91 Å². The lowest BCUT2D eigenvalue weighted by Crippen LogP contribution is -2.48. The van der Waals surface area contributed by atoms with Crippen LogP contribution in [0.3, 0.4) is 0 Å². The number of ether oxygens (including phenoxy) is 3. The summed E-state index contributed by atoms with van der Waals surface area (Å²) in [6.07, 6.45) is 2.23. The van der Waals surface area contributed by atoms with Gasteiger partial charge in [-0.2, -0.15) is 0 Å². The predicted octanol–water partition coefficient (Wildman–Crippen LogP) is 3.15. The molecule has 172 valence electrons. The monoisotopic (exact) mass is 438 g/mol. The van der Waals surface area contributed by atoms with Gasteiger partial charge in [0.25, 0.3) is 0 Å². The Labute approximate surface area is 190 Å². The fraction of sp³-hybridized carbons (Fsp3) is 0.500. The van der Waals surface area contributed by atoms with Crippen molar-refractivity contribution in [2.75, 3.05) is 59.7 Å². The van der Waals surface area contributed by atoms with E-state index < -0.39 is 5.41 Å². The van der Waals surface area contributed by atoms with Gasteiger partial charge in [-0.3, -0.25) is 9.69 Å². The molecule has 0 aromatic heterocycles. The second kappa shape index (κ2) is 10.9. The van der Waals surface area contributed by atoms with Crippen molar-refractivity contribution in [3.8, 4) is 16.9 Å². The predicted molar refractivity (Wildman–Crippen MR) is 125 cm³/mol. The molecular weight excluding hydrogens is 404 g/mol. The fourth-order valence-electron chi connectivity index (χ4n) is 4.62. The van der Waals surface area contributed by atoms with Gasteiger partial charge >= 0.3 is 0 Å². The van der Waals surface area contributed by atoms with Crippen molar-refractivity contribution in [2.24, 2.45) is 5.41 Å². The van der Waals surface area contributed by atoms with Crippen LogP contribution < -0.4 is 10.1 Å².